The smallest absolute Gasteiger partial charge is 0.422 e. The van der Waals surface area contributed by atoms with Gasteiger partial charge < -0.3 is 49.9 Å². The van der Waals surface area contributed by atoms with Crippen molar-refractivity contribution in [2.75, 3.05) is 119 Å². The summed E-state index contributed by atoms with van der Waals surface area (Å²) in [7, 11) is 0. The fourth-order valence-corrected chi connectivity index (χ4v) is 2.81. The van der Waals surface area contributed by atoms with Gasteiger partial charge in [-0.2, -0.15) is 0 Å². The van der Waals surface area contributed by atoms with Crippen molar-refractivity contribution in [3.8, 4) is 0 Å². The van der Waals surface area contributed by atoms with Gasteiger partial charge in [0, 0.05) is 19.6 Å². The zero-order valence-corrected chi connectivity index (χ0v) is 24.9. The summed E-state index contributed by atoms with van der Waals surface area (Å²) in [5.74, 6) is -0.682. The zero-order chi connectivity index (χ0) is 30.6. The van der Waals surface area contributed by atoms with E-state index in [0.717, 1.165) is 0 Å². The van der Waals surface area contributed by atoms with E-state index < -0.39 is 17.6 Å². The van der Waals surface area contributed by atoms with Crippen molar-refractivity contribution >= 4 is 17.8 Å². The van der Waals surface area contributed by atoms with Gasteiger partial charge in [0.25, 0.3) is 0 Å². The highest BCUT2D eigenvalue weighted by Gasteiger charge is 2.21. The first kappa shape index (κ1) is 39.0. The van der Waals surface area contributed by atoms with Crippen LogP contribution in [0.15, 0.2) is 0 Å². The normalized spacial score (nSPS) is 11.6. The lowest BCUT2D eigenvalue weighted by Gasteiger charge is -2.25. The van der Waals surface area contributed by atoms with Crippen LogP contribution in [0.2, 0.25) is 0 Å². The lowest BCUT2D eigenvalue weighted by atomic mass is 10.2. The van der Waals surface area contributed by atoms with E-state index in [-0.39, 0.29) is 45.3 Å². The second-order valence-corrected chi connectivity index (χ2v) is 9.48. The van der Waals surface area contributed by atoms with Crippen molar-refractivity contribution in [2.45, 2.75) is 26.4 Å². The lowest BCUT2D eigenvalue weighted by Crippen LogP contribution is -2.52. The molecule has 0 unspecified atom stereocenters. The Kier molecular flexibility index (Phi) is 25.6. The molecule has 0 rings (SSSR count). The molecule has 0 aliphatic carbocycles. The van der Waals surface area contributed by atoms with Gasteiger partial charge in [0.1, 0.15) is 5.60 Å². The maximum Gasteiger partial charge on any atom is 0.422 e. The number of nitrogens with one attached hydrogen (secondary N) is 3. The van der Waals surface area contributed by atoms with Gasteiger partial charge in [-0.15, -0.1) is 0 Å². The second-order valence-electron chi connectivity index (χ2n) is 9.48. The van der Waals surface area contributed by atoms with Gasteiger partial charge in [0.05, 0.1) is 99.0 Å². The van der Waals surface area contributed by atoms with Crippen LogP contribution in [-0.4, -0.2) is 147 Å². The van der Waals surface area contributed by atoms with Gasteiger partial charge in [-0.3, -0.25) is 20.3 Å². The largest absolute Gasteiger partial charge is 0.443 e. The summed E-state index contributed by atoms with van der Waals surface area (Å²) in [5.41, 5.74) is 12.4. The van der Waals surface area contributed by atoms with Crippen molar-refractivity contribution in [3.05, 3.63) is 0 Å². The van der Waals surface area contributed by atoms with Crippen LogP contribution in [0.3, 0.4) is 0 Å². The van der Waals surface area contributed by atoms with E-state index in [1.807, 2.05) is 0 Å². The van der Waals surface area contributed by atoms with E-state index in [1.165, 1.54) is 5.01 Å². The van der Waals surface area contributed by atoms with Crippen LogP contribution in [0, 0.1) is 0 Å². The zero-order valence-electron chi connectivity index (χ0n) is 24.9. The molecule has 0 heterocycles. The van der Waals surface area contributed by atoms with Crippen molar-refractivity contribution in [1.29, 1.82) is 0 Å². The molecular formula is C25H52N6O10. The van der Waals surface area contributed by atoms with Crippen LogP contribution in [0.4, 0.5) is 4.79 Å². The number of hydrogen-bond donors (Lipinski definition) is 5. The van der Waals surface area contributed by atoms with E-state index in [4.69, 9.17) is 44.6 Å². The Morgan fingerprint density at radius 1 is 0.683 bits per heavy atom. The van der Waals surface area contributed by atoms with Crippen LogP contribution in [-0.2, 0) is 42.7 Å². The van der Waals surface area contributed by atoms with E-state index in [9.17, 15) is 14.4 Å². The molecule has 0 radical (unpaired) electrons. The van der Waals surface area contributed by atoms with E-state index in [1.54, 1.807) is 20.8 Å². The first-order valence-electron chi connectivity index (χ1n) is 13.8. The average Bonchev–Trinajstić information content (AvgIpc) is 2.89. The molecule has 0 aromatic rings. The minimum absolute atomic E-state index is 0.0308. The topological polar surface area (TPSA) is 207 Å². The third-order valence-electron chi connectivity index (χ3n) is 4.46. The molecule has 0 fully saturated rings. The summed E-state index contributed by atoms with van der Waals surface area (Å²) >= 11 is 0. The molecule has 242 valence electrons. The van der Waals surface area contributed by atoms with Crippen molar-refractivity contribution in [1.82, 2.24) is 21.1 Å². The summed E-state index contributed by atoms with van der Waals surface area (Å²) in [5, 5.41) is 6.73. The molecule has 16 nitrogen and oxygen atoms in total. The Labute approximate surface area is 243 Å². The number of hydrogen-bond acceptors (Lipinski definition) is 14. The van der Waals surface area contributed by atoms with Crippen molar-refractivity contribution in [2.24, 2.45) is 11.5 Å². The first-order chi connectivity index (χ1) is 19.7. The maximum absolute atomic E-state index is 12.4. The van der Waals surface area contributed by atoms with Gasteiger partial charge in [-0.25, -0.2) is 9.80 Å². The van der Waals surface area contributed by atoms with Crippen LogP contribution >= 0.6 is 0 Å². The number of ether oxygens (including phenoxy) is 7. The van der Waals surface area contributed by atoms with Crippen molar-refractivity contribution in [3.63, 3.8) is 0 Å². The highest BCUT2D eigenvalue weighted by atomic mass is 16.6. The molecule has 0 atom stereocenters. The number of rotatable bonds is 28. The average molecular weight is 597 g/mol. The number of nitrogens with two attached hydrogens (primary N) is 2. The summed E-state index contributed by atoms with van der Waals surface area (Å²) in [6.07, 6.45) is -0.778. The molecule has 0 aromatic carbocycles. The third kappa shape index (κ3) is 29.3. The fraction of sp³-hybridized carbons (Fsp3) is 0.880. The number of Topliss-reactive ketones (excluding diaryl/α,β-unsaturated/α-hetero) is 1. The SMILES string of the molecule is CC(C)(C)OC(=O)NN(CC(=O)CNCOCCOCCOCCN)CC(=O)NCCOCCOCCOCCN. The third-order valence-corrected chi connectivity index (χ3v) is 4.46. The molecule has 0 saturated heterocycles. The van der Waals surface area contributed by atoms with Gasteiger partial charge >= 0.3 is 6.09 Å². The lowest BCUT2D eigenvalue weighted by molar-refractivity contribution is -0.125. The van der Waals surface area contributed by atoms with Gasteiger partial charge in [-0.05, 0) is 20.8 Å². The predicted molar refractivity (Wildman–Crippen MR) is 150 cm³/mol. The van der Waals surface area contributed by atoms with E-state index >= 15 is 0 Å². The van der Waals surface area contributed by atoms with Gasteiger partial charge in [0.15, 0.2) is 5.78 Å². The second kappa shape index (κ2) is 26.9. The summed E-state index contributed by atoms with van der Waals surface area (Å²) < 4.78 is 37.1. The number of carbonyl (C=O) groups is 3. The van der Waals surface area contributed by atoms with Crippen LogP contribution in [0.1, 0.15) is 20.8 Å². The van der Waals surface area contributed by atoms with Crippen LogP contribution < -0.4 is 27.5 Å². The van der Waals surface area contributed by atoms with Gasteiger partial charge in [0.2, 0.25) is 5.91 Å². The first-order valence-corrected chi connectivity index (χ1v) is 13.8. The maximum atomic E-state index is 12.4. The molecule has 2 amide bonds. The standard InChI is InChI=1S/C25H52N6O10/c1-25(2,3)41-24(34)30-31(19-22(32)18-28-21-40-17-16-39-14-11-36-8-5-27)20-23(33)29-6-9-37-12-15-38-13-10-35-7-4-26/h28H,4-21,26-27H2,1-3H3,(H,29,33)(H,30,34). The molecule has 0 aliphatic heterocycles. The number of hydrazine groups is 1. The molecule has 0 aromatic heterocycles. The quantitative estimate of drug-likeness (QED) is 0.0375. The Hall–Kier alpha value is -1.99. The molecule has 0 aliphatic rings. The highest BCUT2D eigenvalue weighted by Crippen LogP contribution is 2.06. The Morgan fingerprint density at radius 3 is 1.68 bits per heavy atom. The van der Waals surface area contributed by atoms with Crippen LogP contribution in [0.25, 0.3) is 0 Å². The van der Waals surface area contributed by atoms with Crippen LogP contribution in [0.5, 0.6) is 0 Å². The fourth-order valence-electron chi connectivity index (χ4n) is 2.81. The molecule has 16 heteroatoms. The minimum Gasteiger partial charge on any atom is -0.443 e. The summed E-state index contributed by atoms with van der Waals surface area (Å²) in [6.45, 7) is 10.5. The number of carbonyl (C=O) groups excluding carboxylic acids is 3. The summed E-state index contributed by atoms with van der Waals surface area (Å²) in [4.78, 5) is 37.1. The minimum atomic E-state index is -0.778. The molecular weight excluding hydrogens is 544 g/mol. The number of amides is 2. The monoisotopic (exact) mass is 596 g/mol. The van der Waals surface area contributed by atoms with Gasteiger partial charge in [-0.1, -0.05) is 0 Å². The Morgan fingerprint density at radius 2 is 1.17 bits per heavy atom. The Bertz CT molecular complexity index is 629. The summed E-state index contributed by atoms with van der Waals surface area (Å²) in [6, 6.07) is 0. The Balaban J connectivity index is 4.24. The number of nitrogens with zero attached hydrogens (tertiary/aromatic N) is 1. The predicted octanol–water partition coefficient (Wildman–Crippen LogP) is -2.02. The molecule has 7 N–H and O–H groups in total. The number of ketones is 1. The molecule has 0 bridgehead atoms. The van der Waals surface area contributed by atoms with E-state index in [2.05, 4.69) is 16.1 Å². The van der Waals surface area contributed by atoms with E-state index in [0.29, 0.717) is 79.2 Å². The molecule has 41 heavy (non-hydrogen) atoms. The molecule has 0 saturated carbocycles. The van der Waals surface area contributed by atoms with Crippen molar-refractivity contribution < 1.29 is 47.5 Å². The molecule has 0 spiro atoms. The highest BCUT2D eigenvalue weighted by molar-refractivity contribution is 5.84.